The summed E-state index contributed by atoms with van der Waals surface area (Å²) in [7, 11) is 2.11. The molecule has 3 fully saturated rings. The lowest BCUT2D eigenvalue weighted by atomic mass is 9.82. The molecule has 0 radical (unpaired) electrons. The van der Waals surface area contributed by atoms with Gasteiger partial charge in [-0.1, -0.05) is 40.5 Å². The van der Waals surface area contributed by atoms with E-state index in [0.29, 0.717) is 51.2 Å². The standard InChI is InChI=1S/C35H37Cl2N5O4/c1-41-12-14-42(15-13-41)31-17-30(35(43)44)39-29-11-9-24(16-26(29)31)45-20-22-4-2-21(3-5-22)6-10-25-33(40-46-34(25)23-7-8-23)32-27(36)18-38-19-28(32)37/h6,9-11,16-19,21-23H,2-5,7-8,12-15,20H2,1H3,(H,43,44)/b10-6+. The Labute approximate surface area is 278 Å². The van der Waals surface area contributed by atoms with Crippen LogP contribution < -0.4 is 9.64 Å². The molecule has 1 aromatic carbocycles. The second-order valence-electron chi connectivity index (χ2n) is 12.8. The number of benzene rings is 1. The minimum Gasteiger partial charge on any atom is -0.493 e. The van der Waals surface area contributed by atoms with Crippen molar-refractivity contribution in [1.29, 1.82) is 0 Å². The summed E-state index contributed by atoms with van der Waals surface area (Å²) in [4.78, 5) is 24.8. The molecule has 2 saturated carbocycles. The Hall–Kier alpha value is -3.66. The topological polar surface area (TPSA) is 105 Å². The predicted octanol–water partition coefficient (Wildman–Crippen LogP) is 7.82. The molecule has 240 valence electrons. The van der Waals surface area contributed by atoms with Gasteiger partial charge in [-0.15, -0.1) is 0 Å². The Balaban J connectivity index is 1.01. The number of aromatic carboxylic acids is 1. The number of allylic oxidation sites excluding steroid dienone is 1. The number of pyridine rings is 2. The second kappa shape index (κ2) is 13.2. The fourth-order valence-electron chi connectivity index (χ4n) is 6.62. The van der Waals surface area contributed by atoms with E-state index in [-0.39, 0.29) is 5.69 Å². The number of nitrogens with zero attached hydrogens (tertiary/aromatic N) is 5. The van der Waals surface area contributed by atoms with Crippen molar-refractivity contribution < 1.29 is 19.2 Å². The maximum Gasteiger partial charge on any atom is 0.354 e. The van der Waals surface area contributed by atoms with Crippen molar-refractivity contribution >= 4 is 51.8 Å². The van der Waals surface area contributed by atoms with Gasteiger partial charge in [0.15, 0.2) is 5.69 Å². The van der Waals surface area contributed by atoms with Gasteiger partial charge in [0, 0.05) is 66.7 Å². The summed E-state index contributed by atoms with van der Waals surface area (Å²) in [5, 5.41) is 15.9. The molecule has 2 aliphatic carbocycles. The van der Waals surface area contributed by atoms with Gasteiger partial charge in [-0.25, -0.2) is 9.78 Å². The van der Waals surface area contributed by atoms with Crippen molar-refractivity contribution in [2.24, 2.45) is 11.8 Å². The monoisotopic (exact) mass is 661 g/mol. The number of rotatable bonds is 9. The highest BCUT2D eigenvalue weighted by molar-refractivity contribution is 6.39. The SMILES string of the molecule is CN1CCN(c2cc(C(=O)O)nc3ccc(OCC4CCC(/C=C/c5c(-c6c(Cl)cncc6Cl)noc5C5CC5)CC4)cc23)CC1. The third-order valence-electron chi connectivity index (χ3n) is 9.53. The molecule has 4 aromatic rings. The van der Waals surface area contributed by atoms with Crippen LogP contribution in [-0.4, -0.2) is 70.9 Å². The molecule has 1 N–H and O–H groups in total. The molecule has 0 spiro atoms. The van der Waals surface area contributed by atoms with Gasteiger partial charge in [0.1, 0.15) is 17.2 Å². The highest BCUT2D eigenvalue weighted by Crippen LogP contribution is 2.46. The number of piperazine rings is 1. The highest BCUT2D eigenvalue weighted by atomic mass is 35.5. The number of hydrogen-bond donors (Lipinski definition) is 1. The van der Waals surface area contributed by atoms with Crippen molar-refractivity contribution in [1.82, 2.24) is 20.0 Å². The number of anilines is 1. The molecule has 1 saturated heterocycles. The van der Waals surface area contributed by atoms with Crippen molar-refractivity contribution in [3.8, 4) is 17.0 Å². The molecular weight excluding hydrogens is 625 g/mol. The van der Waals surface area contributed by atoms with Gasteiger partial charge < -0.3 is 24.2 Å². The van der Waals surface area contributed by atoms with E-state index in [0.717, 1.165) is 92.9 Å². The molecule has 0 amide bonds. The molecule has 3 aliphatic rings. The summed E-state index contributed by atoms with van der Waals surface area (Å²) in [6.07, 6.45) is 14.1. The first-order valence-electron chi connectivity index (χ1n) is 16.1. The van der Waals surface area contributed by atoms with Crippen molar-refractivity contribution in [2.75, 3.05) is 44.7 Å². The van der Waals surface area contributed by atoms with Crippen LogP contribution in [0, 0.1) is 11.8 Å². The lowest BCUT2D eigenvalue weighted by Crippen LogP contribution is -2.44. The van der Waals surface area contributed by atoms with Crippen molar-refractivity contribution in [3.05, 3.63) is 69.8 Å². The number of ether oxygens (including phenoxy) is 1. The fourth-order valence-corrected chi connectivity index (χ4v) is 7.16. The van der Waals surface area contributed by atoms with Crippen LogP contribution in [-0.2, 0) is 0 Å². The zero-order chi connectivity index (χ0) is 31.8. The maximum absolute atomic E-state index is 11.8. The van der Waals surface area contributed by atoms with Gasteiger partial charge >= 0.3 is 5.97 Å². The second-order valence-corrected chi connectivity index (χ2v) is 13.6. The third-order valence-corrected chi connectivity index (χ3v) is 10.1. The number of fused-ring (bicyclic) bond motifs is 1. The fraction of sp³-hybridized carbons (Fsp3) is 0.429. The van der Waals surface area contributed by atoms with Gasteiger partial charge in [0.2, 0.25) is 0 Å². The Morgan fingerprint density at radius 3 is 2.48 bits per heavy atom. The Kier molecular flexibility index (Phi) is 8.90. The lowest BCUT2D eigenvalue weighted by molar-refractivity contribution is 0.0691. The van der Waals surface area contributed by atoms with Crippen LogP contribution in [0.3, 0.4) is 0 Å². The first-order chi connectivity index (χ1) is 22.3. The van der Waals surface area contributed by atoms with E-state index in [1.165, 1.54) is 0 Å². The number of hydrogen-bond acceptors (Lipinski definition) is 8. The molecule has 11 heteroatoms. The number of aromatic nitrogens is 3. The summed E-state index contributed by atoms with van der Waals surface area (Å²) in [6.45, 7) is 4.17. The van der Waals surface area contributed by atoms with Gasteiger partial charge in [-0.05, 0) is 81.7 Å². The summed E-state index contributed by atoms with van der Waals surface area (Å²) < 4.78 is 12.2. The molecule has 9 nitrogen and oxygen atoms in total. The first-order valence-corrected chi connectivity index (χ1v) is 16.8. The maximum atomic E-state index is 11.8. The Morgan fingerprint density at radius 1 is 1.04 bits per heavy atom. The zero-order valence-electron chi connectivity index (χ0n) is 25.8. The molecule has 1 aliphatic heterocycles. The van der Waals surface area contributed by atoms with Crippen LogP contribution in [0.4, 0.5) is 5.69 Å². The molecule has 7 rings (SSSR count). The van der Waals surface area contributed by atoms with E-state index in [1.807, 2.05) is 18.2 Å². The molecule has 0 bridgehead atoms. The Bertz CT molecular complexity index is 1750. The summed E-state index contributed by atoms with van der Waals surface area (Å²) >= 11 is 13.0. The van der Waals surface area contributed by atoms with E-state index in [9.17, 15) is 9.90 Å². The normalized spacial score (nSPS) is 20.9. The number of halogens is 2. The van der Waals surface area contributed by atoms with E-state index in [2.05, 4.69) is 44.1 Å². The molecule has 0 unspecified atom stereocenters. The minimum absolute atomic E-state index is 0.0647. The van der Waals surface area contributed by atoms with Gasteiger partial charge in [0.25, 0.3) is 0 Å². The smallest absolute Gasteiger partial charge is 0.354 e. The van der Waals surface area contributed by atoms with Gasteiger partial charge in [0.05, 0.1) is 22.2 Å². The largest absolute Gasteiger partial charge is 0.493 e. The van der Waals surface area contributed by atoms with Crippen molar-refractivity contribution in [3.63, 3.8) is 0 Å². The van der Waals surface area contributed by atoms with Crippen LogP contribution in [0.25, 0.3) is 28.2 Å². The Morgan fingerprint density at radius 2 is 1.78 bits per heavy atom. The van der Waals surface area contributed by atoms with E-state index >= 15 is 0 Å². The molecule has 46 heavy (non-hydrogen) atoms. The summed E-state index contributed by atoms with van der Waals surface area (Å²) in [5.41, 5.74) is 3.95. The predicted molar refractivity (Wildman–Crippen MR) is 180 cm³/mol. The van der Waals surface area contributed by atoms with Gasteiger partial charge in [-0.3, -0.25) is 4.98 Å². The highest BCUT2D eigenvalue weighted by Gasteiger charge is 2.33. The van der Waals surface area contributed by atoms with Crippen LogP contribution >= 0.6 is 23.2 Å². The molecule has 0 atom stereocenters. The number of carboxylic acids is 1. The van der Waals surface area contributed by atoms with Gasteiger partial charge in [-0.2, -0.15) is 0 Å². The minimum atomic E-state index is -1.02. The number of likely N-dealkylation sites (N-methyl/N-ethyl adjacent to an activating group) is 1. The van der Waals surface area contributed by atoms with Crippen LogP contribution in [0.15, 0.2) is 47.3 Å². The molecule has 3 aromatic heterocycles. The molecule has 4 heterocycles. The van der Waals surface area contributed by atoms with Crippen LogP contribution in [0.1, 0.15) is 66.3 Å². The van der Waals surface area contributed by atoms with Crippen molar-refractivity contribution in [2.45, 2.75) is 44.4 Å². The average Bonchev–Trinajstić information content (AvgIpc) is 3.82. The zero-order valence-corrected chi connectivity index (χ0v) is 27.3. The van der Waals surface area contributed by atoms with E-state index < -0.39 is 5.97 Å². The number of carbonyl (C=O) groups is 1. The third kappa shape index (κ3) is 6.59. The summed E-state index contributed by atoms with van der Waals surface area (Å²) in [6, 6.07) is 7.49. The quantitative estimate of drug-likeness (QED) is 0.192. The summed E-state index contributed by atoms with van der Waals surface area (Å²) in [5.74, 6) is 2.00. The van der Waals surface area contributed by atoms with E-state index in [1.54, 1.807) is 18.5 Å². The average molecular weight is 663 g/mol. The van der Waals surface area contributed by atoms with Crippen LogP contribution in [0.2, 0.25) is 10.0 Å². The van der Waals surface area contributed by atoms with E-state index in [4.69, 9.17) is 32.5 Å². The molecular formula is C35H37Cl2N5O4. The first kappa shape index (κ1) is 31.0. The lowest BCUT2D eigenvalue weighted by Gasteiger charge is -2.34. The van der Waals surface area contributed by atoms with Crippen LogP contribution in [0.5, 0.6) is 5.75 Å². The number of carboxylic acid groups (broad SMARTS) is 1.